The number of nitrogen functional groups attached to an aromatic ring is 1. The largest absolute Gasteiger partial charge is 0.383 e. The number of rotatable bonds is 2. The first-order valence-corrected chi connectivity index (χ1v) is 6.93. The molecule has 3 aromatic heterocycles. The van der Waals surface area contributed by atoms with E-state index < -0.39 is 0 Å². The molecule has 0 radical (unpaired) electrons. The molecule has 0 saturated carbocycles. The molecule has 0 saturated heterocycles. The van der Waals surface area contributed by atoms with Crippen molar-refractivity contribution in [1.82, 2.24) is 9.78 Å². The fourth-order valence-corrected chi connectivity index (χ4v) is 3.28. The highest BCUT2D eigenvalue weighted by Crippen LogP contribution is 2.39. The second-order valence-corrected chi connectivity index (χ2v) is 5.58. The predicted octanol–water partition coefficient (Wildman–Crippen LogP) is 3.46. The number of aromatic nitrogens is 2. The first-order valence-electron chi connectivity index (χ1n) is 5.17. The molecule has 0 unspecified atom stereocenters. The standard InChI is InChI=1S/C12H11N3S2/c1-15-12(13)10(8-4-2-6-16-8)11(14-15)9-5-3-7-17-9/h2-7H,13H2,1H3. The van der Waals surface area contributed by atoms with E-state index in [-0.39, 0.29) is 0 Å². The molecule has 0 aliphatic rings. The highest BCUT2D eigenvalue weighted by Gasteiger charge is 2.18. The van der Waals surface area contributed by atoms with E-state index in [1.165, 1.54) is 4.88 Å². The van der Waals surface area contributed by atoms with Gasteiger partial charge in [0.1, 0.15) is 11.5 Å². The monoisotopic (exact) mass is 261 g/mol. The molecule has 5 heteroatoms. The molecular weight excluding hydrogens is 250 g/mol. The molecule has 2 N–H and O–H groups in total. The lowest BCUT2D eigenvalue weighted by atomic mass is 10.1. The third kappa shape index (κ3) is 1.67. The van der Waals surface area contributed by atoms with Crippen LogP contribution in [0.5, 0.6) is 0 Å². The Bertz CT molecular complexity index is 621. The van der Waals surface area contributed by atoms with Crippen molar-refractivity contribution in [2.24, 2.45) is 7.05 Å². The molecule has 86 valence electrons. The topological polar surface area (TPSA) is 43.8 Å². The van der Waals surface area contributed by atoms with Gasteiger partial charge < -0.3 is 5.73 Å². The molecule has 0 fully saturated rings. The molecule has 3 nitrogen and oxygen atoms in total. The van der Waals surface area contributed by atoms with Crippen LogP contribution in [0, 0.1) is 0 Å². The van der Waals surface area contributed by atoms with Crippen LogP contribution in [0.25, 0.3) is 21.0 Å². The number of aryl methyl sites for hydroxylation is 1. The smallest absolute Gasteiger partial charge is 0.130 e. The summed E-state index contributed by atoms with van der Waals surface area (Å²) in [5.41, 5.74) is 8.13. The summed E-state index contributed by atoms with van der Waals surface area (Å²) in [7, 11) is 1.88. The average molecular weight is 261 g/mol. The lowest BCUT2D eigenvalue weighted by Crippen LogP contribution is -1.97. The minimum atomic E-state index is 0.718. The van der Waals surface area contributed by atoms with Gasteiger partial charge >= 0.3 is 0 Å². The van der Waals surface area contributed by atoms with Crippen molar-refractivity contribution in [3.63, 3.8) is 0 Å². The quantitative estimate of drug-likeness (QED) is 0.767. The van der Waals surface area contributed by atoms with E-state index in [4.69, 9.17) is 5.73 Å². The molecule has 3 rings (SSSR count). The summed E-state index contributed by atoms with van der Waals surface area (Å²) in [6, 6.07) is 8.21. The Kier molecular flexibility index (Phi) is 2.49. The van der Waals surface area contributed by atoms with E-state index in [1.807, 2.05) is 19.2 Å². The van der Waals surface area contributed by atoms with Gasteiger partial charge in [-0.15, -0.1) is 22.7 Å². The van der Waals surface area contributed by atoms with Gasteiger partial charge in [-0.05, 0) is 22.9 Å². The van der Waals surface area contributed by atoms with E-state index >= 15 is 0 Å². The molecule has 3 aromatic rings. The number of hydrogen-bond donors (Lipinski definition) is 1. The molecule has 0 spiro atoms. The molecule has 0 aromatic carbocycles. The van der Waals surface area contributed by atoms with Crippen LogP contribution in [0.1, 0.15) is 0 Å². The fraction of sp³-hybridized carbons (Fsp3) is 0.0833. The van der Waals surface area contributed by atoms with Gasteiger partial charge in [0.05, 0.1) is 10.4 Å². The zero-order valence-corrected chi connectivity index (χ0v) is 10.9. The Hall–Kier alpha value is -1.59. The third-order valence-electron chi connectivity index (χ3n) is 2.61. The van der Waals surface area contributed by atoms with Crippen LogP contribution in [0.15, 0.2) is 35.0 Å². The summed E-state index contributed by atoms with van der Waals surface area (Å²) in [5, 5.41) is 8.63. The van der Waals surface area contributed by atoms with Crippen molar-refractivity contribution < 1.29 is 0 Å². The van der Waals surface area contributed by atoms with Gasteiger partial charge in [-0.2, -0.15) is 5.10 Å². The Labute approximate surface area is 107 Å². The van der Waals surface area contributed by atoms with Gasteiger partial charge in [-0.25, -0.2) is 0 Å². The highest BCUT2D eigenvalue weighted by atomic mass is 32.1. The molecule has 0 aliphatic carbocycles. The van der Waals surface area contributed by atoms with Crippen molar-refractivity contribution >= 4 is 28.5 Å². The number of hydrogen-bond acceptors (Lipinski definition) is 4. The number of nitrogens with two attached hydrogens (primary N) is 1. The van der Waals surface area contributed by atoms with E-state index in [0.29, 0.717) is 0 Å². The van der Waals surface area contributed by atoms with Gasteiger partial charge in [0.15, 0.2) is 0 Å². The lowest BCUT2D eigenvalue weighted by molar-refractivity contribution is 0.783. The van der Waals surface area contributed by atoms with Gasteiger partial charge in [0, 0.05) is 11.9 Å². The fourth-order valence-electron chi connectivity index (χ4n) is 1.79. The van der Waals surface area contributed by atoms with Crippen LogP contribution in [0.2, 0.25) is 0 Å². The third-order valence-corrected chi connectivity index (χ3v) is 4.38. The number of anilines is 1. The first kappa shape index (κ1) is 10.6. The molecule has 0 amide bonds. The van der Waals surface area contributed by atoms with Gasteiger partial charge in [0.25, 0.3) is 0 Å². The Morgan fingerprint density at radius 2 is 1.76 bits per heavy atom. The summed E-state index contributed by atoms with van der Waals surface area (Å²) in [6.45, 7) is 0. The van der Waals surface area contributed by atoms with Crippen LogP contribution in [-0.2, 0) is 7.05 Å². The average Bonchev–Trinajstić information content (AvgIpc) is 3.01. The van der Waals surface area contributed by atoms with Crippen molar-refractivity contribution in [3.05, 3.63) is 35.0 Å². The first-order chi connectivity index (χ1) is 8.27. The summed E-state index contributed by atoms with van der Waals surface area (Å²) in [4.78, 5) is 2.32. The maximum Gasteiger partial charge on any atom is 0.130 e. The molecular formula is C12H11N3S2. The van der Waals surface area contributed by atoms with Crippen molar-refractivity contribution in [2.45, 2.75) is 0 Å². The lowest BCUT2D eigenvalue weighted by Gasteiger charge is -1.98. The summed E-state index contributed by atoms with van der Waals surface area (Å²) >= 11 is 3.37. The van der Waals surface area contributed by atoms with Crippen LogP contribution in [0.4, 0.5) is 5.82 Å². The second-order valence-electron chi connectivity index (χ2n) is 3.69. The SMILES string of the molecule is Cn1nc(-c2cccs2)c(-c2cccs2)c1N. The summed E-state index contributed by atoms with van der Waals surface area (Å²) in [5.74, 6) is 0.718. The van der Waals surface area contributed by atoms with E-state index in [9.17, 15) is 0 Å². The Balaban J connectivity index is 2.26. The number of thiophene rings is 2. The van der Waals surface area contributed by atoms with E-state index in [0.717, 1.165) is 22.0 Å². The van der Waals surface area contributed by atoms with Crippen molar-refractivity contribution in [1.29, 1.82) is 0 Å². The van der Waals surface area contributed by atoms with Crippen LogP contribution >= 0.6 is 22.7 Å². The Morgan fingerprint density at radius 1 is 1.12 bits per heavy atom. The Morgan fingerprint density at radius 3 is 2.35 bits per heavy atom. The van der Waals surface area contributed by atoms with Gasteiger partial charge in [0.2, 0.25) is 0 Å². The molecule has 3 heterocycles. The zero-order chi connectivity index (χ0) is 11.8. The van der Waals surface area contributed by atoms with Crippen LogP contribution < -0.4 is 5.73 Å². The van der Waals surface area contributed by atoms with Crippen molar-refractivity contribution in [3.8, 4) is 21.0 Å². The molecule has 0 aliphatic heterocycles. The summed E-state index contributed by atoms with van der Waals surface area (Å²) in [6.07, 6.45) is 0. The van der Waals surface area contributed by atoms with Crippen LogP contribution in [0.3, 0.4) is 0 Å². The van der Waals surface area contributed by atoms with Crippen LogP contribution in [-0.4, -0.2) is 9.78 Å². The predicted molar refractivity (Wildman–Crippen MR) is 74.2 cm³/mol. The highest BCUT2D eigenvalue weighted by molar-refractivity contribution is 7.14. The van der Waals surface area contributed by atoms with Gasteiger partial charge in [-0.1, -0.05) is 12.1 Å². The second kappa shape index (κ2) is 4.01. The maximum absolute atomic E-state index is 6.11. The van der Waals surface area contributed by atoms with Crippen molar-refractivity contribution in [2.75, 3.05) is 5.73 Å². The normalized spacial score (nSPS) is 10.9. The zero-order valence-electron chi connectivity index (χ0n) is 9.25. The molecule has 17 heavy (non-hydrogen) atoms. The van der Waals surface area contributed by atoms with E-state index in [1.54, 1.807) is 27.4 Å². The minimum absolute atomic E-state index is 0.718. The minimum Gasteiger partial charge on any atom is -0.383 e. The number of nitrogens with zero attached hydrogens (tertiary/aromatic N) is 2. The molecule has 0 bridgehead atoms. The maximum atomic E-state index is 6.11. The van der Waals surface area contributed by atoms with E-state index in [2.05, 4.69) is 28.0 Å². The summed E-state index contributed by atoms with van der Waals surface area (Å²) < 4.78 is 1.74. The molecule has 0 atom stereocenters. The van der Waals surface area contributed by atoms with Gasteiger partial charge in [-0.3, -0.25) is 4.68 Å².